The van der Waals surface area contributed by atoms with Gasteiger partial charge in [-0.15, -0.1) is 0 Å². The summed E-state index contributed by atoms with van der Waals surface area (Å²) in [6.45, 7) is 2.25. The first-order valence-corrected chi connectivity index (χ1v) is 10.2. The van der Waals surface area contributed by atoms with Crippen molar-refractivity contribution < 1.29 is 14.4 Å². The Bertz CT molecular complexity index is 934. The Hall–Kier alpha value is -3.35. The molecule has 0 bridgehead atoms. The summed E-state index contributed by atoms with van der Waals surface area (Å²) in [6.07, 6.45) is 0.331. The van der Waals surface area contributed by atoms with Crippen LogP contribution >= 0.6 is 0 Å². The second-order valence-electron chi connectivity index (χ2n) is 8.24. The van der Waals surface area contributed by atoms with Crippen LogP contribution in [0.4, 0.5) is 10.5 Å². The summed E-state index contributed by atoms with van der Waals surface area (Å²) in [6, 6.07) is 18.2. The molecule has 2 aliphatic heterocycles. The number of hydrogen-bond donors (Lipinski definition) is 1. The molecule has 2 aromatic rings. The molecule has 30 heavy (non-hydrogen) atoms. The van der Waals surface area contributed by atoms with Gasteiger partial charge in [-0.1, -0.05) is 36.4 Å². The highest BCUT2D eigenvalue weighted by Gasteiger charge is 2.47. The van der Waals surface area contributed by atoms with Crippen LogP contribution in [-0.2, 0) is 4.79 Å². The minimum atomic E-state index is -0.471. The minimum Gasteiger partial charge on any atom is -0.345 e. The Morgan fingerprint density at radius 2 is 1.47 bits per heavy atom. The van der Waals surface area contributed by atoms with Crippen molar-refractivity contribution in [3.63, 3.8) is 0 Å². The fourth-order valence-electron chi connectivity index (χ4n) is 4.41. The zero-order chi connectivity index (χ0) is 21.1. The fraction of sp³-hybridized carbons (Fsp3) is 0.348. The number of amides is 4. The van der Waals surface area contributed by atoms with Gasteiger partial charge in [-0.2, -0.15) is 0 Å². The summed E-state index contributed by atoms with van der Waals surface area (Å²) in [5.74, 6) is -0.0188. The van der Waals surface area contributed by atoms with Gasteiger partial charge in [0.1, 0.15) is 0 Å². The lowest BCUT2D eigenvalue weighted by Gasteiger charge is -2.33. The van der Waals surface area contributed by atoms with Crippen LogP contribution in [0.15, 0.2) is 60.7 Å². The monoisotopic (exact) mass is 406 g/mol. The first-order chi connectivity index (χ1) is 14.5. The number of para-hydroxylation sites is 1. The van der Waals surface area contributed by atoms with E-state index in [-0.39, 0.29) is 17.8 Å². The highest BCUT2D eigenvalue weighted by molar-refractivity contribution is 5.94. The van der Waals surface area contributed by atoms with Crippen molar-refractivity contribution in [2.45, 2.75) is 6.42 Å². The van der Waals surface area contributed by atoms with Gasteiger partial charge in [0.15, 0.2) is 0 Å². The Balaban J connectivity index is 1.57. The van der Waals surface area contributed by atoms with Gasteiger partial charge in [-0.3, -0.25) is 9.59 Å². The second kappa shape index (κ2) is 8.18. The van der Waals surface area contributed by atoms with Gasteiger partial charge < -0.3 is 20.0 Å². The molecule has 1 N–H and O–H groups in total. The van der Waals surface area contributed by atoms with E-state index in [0.717, 1.165) is 5.69 Å². The van der Waals surface area contributed by atoms with Crippen LogP contribution in [0, 0.1) is 5.41 Å². The van der Waals surface area contributed by atoms with Crippen molar-refractivity contribution in [3.05, 3.63) is 66.2 Å². The van der Waals surface area contributed by atoms with Gasteiger partial charge in [0.25, 0.3) is 5.91 Å². The number of anilines is 1. The first kappa shape index (κ1) is 19.9. The summed E-state index contributed by atoms with van der Waals surface area (Å²) in [7, 11) is 1.78. The molecule has 2 aliphatic rings. The maximum Gasteiger partial charge on any atom is 0.321 e. The zero-order valence-electron chi connectivity index (χ0n) is 17.1. The van der Waals surface area contributed by atoms with E-state index in [4.69, 9.17) is 0 Å². The van der Waals surface area contributed by atoms with Crippen LogP contribution in [0.3, 0.4) is 0 Å². The van der Waals surface area contributed by atoms with Crippen LogP contribution < -0.4 is 5.32 Å². The van der Waals surface area contributed by atoms with Crippen molar-refractivity contribution >= 4 is 23.5 Å². The van der Waals surface area contributed by atoms with Crippen molar-refractivity contribution in [2.75, 3.05) is 45.1 Å². The van der Waals surface area contributed by atoms with Crippen molar-refractivity contribution in [1.29, 1.82) is 0 Å². The lowest BCUT2D eigenvalue weighted by Crippen LogP contribution is -2.46. The topological polar surface area (TPSA) is 73.0 Å². The third-order valence-corrected chi connectivity index (χ3v) is 5.84. The molecular weight excluding hydrogens is 380 g/mol. The summed E-state index contributed by atoms with van der Waals surface area (Å²) < 4.78 is 0. The quantitative estimate of drug-likeness (QED) is 0.833. The van der Waals surface area contributed by atoms with Gasteiger partial charge in [0.2, 0.25) is 5.91 Å². The average Bonchev–Trinajstić information content (AvgIpc) is 2.91. The van der Waals surface area contributed by atoms with Crippen LogP contribution in [0.5, 0.6) is 0 Å². The number of hydrogen-bond acceptors (Lipinski definition) is 3. The largest absolute Gasteiger partial charge is 0.345 e. The lowest BCUT2D eigenvalue weighted by atomic mass is 9.86. The standard InChI is InChI=1S/C23H26N4O3/c1-25-15-23(14-20(25)28)16-26(21(29)18-8-4-2-5-9-18)12-13-27(17-23)22(30)24-19-10-6-3-7-11-19/h2-11H,12-17H2,1H3,(H,24,30). The number of nitrogens with one attached hydrogen (secondary N) is 1. The predicted molar refractivity (Wildman–Crippen MR) is 114 cm³/mol. The summed E-state index contributed by atoms with van der Waals surface area (Å²) in [5, 5.41) is 2.93. The third-order valence-electron chi connectivity index (χ3n) is 5.84. The average molecular weight is 406 g/mol. The normalized spacial score (nSPS) is 21.6. The Morgan fingerprint density at radius 3 is 2.10 bits per heavy atom. The number of carbonyl (C=O) groups excluding carboxylic acids is 3. The number of likely N-dealkylation sites (tertiary alicyclic amines) is 1. The smallest absolute Gasteiger partial charge is 0.321 e. The fourth-order valence-corrected chi connectivity index (χ4v) is 4.41. The molecule has 0 radical (unpaired) electrons. The lowest BCUT2D eigenvalue weighted by molar-refractivity contribution is -0.126. The van der Waals surface area contributed by atoms with E-state index in [2.05, 4.69) is 5.32 Å². The zero-order valence-corrected chi connectivity index (χ0v) is 17.1. The van der Waals surface area contributed by atoms with Gasteiger partial charge in [0, 0.05) is 62.9 Å². The second-order valence-corrected chi connectivity index (χ2v) is 8.24. The van der Waals surface area contributed by atoms with Gasteiger partial charge >= 0.3 is 6.03 Å². The molecule has 0 aromatic heterocycles. The molecule has 1 unspecified atom stereocenters. The molecule has 4 rings (SSSR count). The van der Waals surface area contributed by atoms with Crippen LogP contribution in [0.25, 0.3) is 0 Å². The molecule has 4 amide bonds. The molecule has 156 valence electrons. The Labute approximate surface area is 176 Å². The molecule has 2 aromatic carbocycles. The molecule has 1 atom stereocenters. The van der Waals surface area contributed by atoms with Gasteiger partial charge in [0.05, 0.1) is 0 Å². The number of urea groups is 1. The van der Waals surface area contributed by atoms with Crippen LogP contribution in [0.2, 0.25) is 0 Å². The van der Waals surface area contributed by atoms with E-state index in [1.807, 2.05) is 48.5 Å². The Morgan fingerprint density at radius 1 is 0.867 bits per heavy atom. The first-order valence-electron chi connectivity index (χ1n) is 10.2. The SMILES string of the molecule is CN1CC2(CC1=O)CN(C(=O)Nc1ccccc1)CCN(C(=O)c1ccccc1)C2. The number of nitrogens with zero attached hydrogens (tertiary/aromatic N) is 3. The number of benzene rings is 2. The summed E-state index contributed by atoms with van der Waals surface area (Å²) in [5.41, 5.74) is 0.867. The van der Waals surface area contributed by atoms with Crippen molar-refractivity contribution in [2.24, 2.45) is 5.41 Å². The van der Waals surface area contributed by atoms with Crippen LogP contribution in [-0.4, -0.2) is 72.3 Å². The summed E-state index contributed by atoms with van der Waals surface area (Å²) in [4.78, 5) is 43.7. The molecule has 2 fully saturated rings. The Kier molecular flexibility index (Phi) is 5.44. The van der Waals surface area contributed by atoms with Gasteiger partial charge in [-0.25, -0.2) is 4.79 Å². The van der Waals surface area contributed by atoms with Gasteiger partial charge in [-0.05, 0) is 24.3 Å². The molecule has 0 aliphatic carbocycles. The molecule has 2 saturated heterocycles. The number of rotatable bonds is 2. The molecule has 7 nitrogen and oxygen atoms in total. The highest BCUT2D eigenvalue weighted by atomic mass is 16.2. The molecular formula is C23H26N4O3. The van der Waals surface area contributed by atoms with E-state index in [9.17, 15) is 14.4 Å². The van der Waals surface area contributed by atoms with E-state index < -0.39 is 5.41 Å². The molecule has 1 spiro atoms. The van der Waals surface area contributed by atoms with Crippen LogP contribution in [0.1, 0.15) is 16.8 Å². The summed E-state index contributed by atoms with van der Waals surface area (Å²) >= 11 is 0. The van der Waals surface area contributed by atoms with E-state index in [0.29, 0.717) is 44.7 Å². The predicted octanol–water partition coefficient (Wildman–Crippen LogP) is 2.53. The maximum atomic E-state index is 13.1. The third kappa shape index (κ3) is 4.15. The van der Waals surface area contributed by atoms with E-state index in [1.165, 1.54) is 0 Å². The van der Waals surface area contributed by atoms with E-state index in [1.54, 1.807) is 33.9 Å². The highest BCUT2D eigenvalue weighted by Crippen LogP contribution is 2.35. The van der Waals surface area contributed by atoms with Crippen molar-refractivity contribution in [3.8, 4) is 0 Å². The maximum absolute atomic E-state index is 13.1. The minimum absolute atomic E-state index is 0.0485. The van der Waals surface area contributed by atoms with Crippen molar-refractivity contribution in [1.82, 2.24) is 14.7 Å². The molecule has 0 saturated carbocycles. The molecule has 7 heteroatoms. The van der Waals surface area contributed by atoms with E-state index >= 15 is 0 Å². The number of carbonyl (C=O) groups is 3. The molecule has 2 heterocycles.